The lowest BCUT2D eigenvalue weighted by molar-refractivity contribution is -0.116. The number of ether oxygens (including phenoxy) is 1. The van der Waals surface area contributed by atoms with E-state index >= 15 is 0 Å². The van der Waals surface area contributed by atoms with Crippen molar-refractivity contribution in [2.45, 2.75) is 19.4 Å². The number of rotatable bonds is 6. The molecule has 35 heavy (non-hydrogen) atoms. The number of benzene rings is 1. The minimum absolute atomic E-state index is 0.181. The molecule has 1 atom stereocenters. The molecule has 0 unspecified atom stereocenters. The summed E-state index contributed by atoms with van der Waals surface area (Å²) >= 11 is 6.33. The molecule has 4 N–H and O–H groups in total. The summed E-state index contributed by atoms with van der Waals surface area (Å²) in [6.07, 6.45) is 5.16. The van der Waals surface area contributed by atoms with Crippen LogP contribution in [-0.4, -0.2) is 41.5 Å². The molecule has 0 radical (unpaired) electrons. The van der Waals surface area contributed by atoms with E-state index < -0.39 is 6.04 Å². The molecule has 4 rings (SSSR count). The fourth-order valence-corrected chi connectivity index (χ4v) is 4.11. The average molecular weight is 490 g/mol. The number of aromatic amines is 1. The molecule has 2 aromatic heterocycles. The first kappa shape index (κ1) is 23.9. The highest BCUT2D eigenvalue weighted by Crippen LogP contribution is 2.41. The number of nitrogens with zero attached hydrogens (tertiary/aromatic N) is 1. The first-order chi connectivity index (χ1) is 16.9. The molecule has 3 heterocycles. The smallest absolute Gasteiger partial charge is 0.255 e. The summed E-state index contributed by atoms with van der Waals surface area (Å²) in [6.45, 7) is 5.77. The Morgan fingerprint density at radius 3 is 2.97 bits per heavy atom. The number of hydrogen-bond acceptors (Lipinski definition) is 5. The monoisotopic (exact) mass is 489 g/mol. The molecule has 1 aliphatic rings. The summed E-state index contributed by atoms with van der Waals surface area (Å²) in [4.78, 5) is 32.1. The Hall–Kier alpha value is -4.22. The topological polar surface area (TPSA) is 108 Å². The number of carbonyl (C=O) groups excluding carboxylic acids is 2. The predicted octanol–water partition coefficient (Wildman–Crippen LogP) is 3.81. The summed E-state index contributed by atoms with van der Waals surface area (Å²) in [5, 5.41) is 9.42. The molecule has 0 saturated heterocycles. The molecule has 8 nitrogen and oxygen atoms in total. The van der Waals surface area contributed by atoms with Crippen LogP contribution in [0.2, 0.25) is 5.02 Å². The quantitative estimate of drug-likeness (QED) is 0.311. The zero-order chi connectivity index (χ0) is 24.9. The second-order valence-electron chi connectivity index (χ2n) is 7.81. The third-order valence-electron chi connectivity index (χ3n) is 5.45. The Balaban J connectivity index is 1.83. The fraction of sp³-hybridized carbons (Fsp3) is 0.192. The second kappa shape index (κ2) is 10.4. The van der Waals surface area contributed by atoms with Crippen molar-refractivity contribution < 1.29 is 14.3 Å². The van der Waals surface area contributed by atoms with Crippen LogP contribution in [0.1, 0.15) is 28.5 Å². The Labute approximate surface area is 208 Å². The molecular weight excluding hydrogens is 466 g/mol. The van der Waals surface area contributed by atoms with Crippen molar-refractivity contribution in [3.8, 4) is 28.8 Å². The zero-order valence-electron chi connectivity index (χ0n) is 19.3. The molecule has 178 valence electrons. The van der Waals surface area contributed by atoms with Crippen molar-refractivity contribution in [2.75, 3.05) is 19.0 Å². The zero-order valence-corrected chi connectivity index (χ0v) is 20.0. The van der Waals surface area contributed by atoms with E-state index in [9.17, 15) is 9.59 Å². The molecule has 0 saturated carbocycles. The number of halogens is 1. The number of nitrogens with one attached hydrogen (secondary N) is 4. The number of carbonyl (C=O) groups is 2. The number of methoxy groups -OCH3 is 1. The van der Waals surface area contributed by atoms with Crippen LogP contribution in [0, 0.1) is 11.8 Å². The van der Waals surface area contributed by atoms with Crippen LogP contribution in [0.15, 0.2) is 49.3 Å². The Morgan fingerprint density at radius 2 is 2.20 bits per heavy atom. The predicted molar refractivity (Wildman–Crippen MR) is 136 cm³/mol. The molecule has 0 fully saturated rings. The maximum Gasteiger partial charge on any atom is 0.255 e. The molecule has 9 heteroatoms. The highest BCUT2D eigenvalue weighted by molar-refractivity contribution is 6.32. The number of pyridine rings is 1. The minimum Gasteiger partial charge on any atom is -0.493 e. The van der Waals surface area contributed by atoms with Gasteiger partial charge in [-0.2, -0.15) is 0 Å². The van der Waals surface area contributed by atoms with Gasteiger partial charge in [0.2, 0.25) is 5.91 Å². The van der Waals surface area contributed by atoms with Gasteiger partial charge in [0, 0.05) is 36.6 Å². The molecule has 0 aliphatic carbocycles. The van der Waals surface area contributed by atoms with Crippen LogP contribution in [0.4, 0.5) is 11.4 Å². The normalized spacial score (nSPS) is 12.9. The van der Waals surface area contributed by atoms with Crippen molar-refractivity contribution in [1.82, 2.24) is 20.6 Å². The molecular formula is C26H24ClN5O3. The van der Waals surface area contributed by atoms with Crippen molar-refractivity contribution in [2.24, 2.45) is 0 Å². The Morgan fingerprint density at radius 1 is 1.37 bits per heavy atom. The van der Waals surface area contributed by atoms with Crippen molar-refractivity contribution in [3.05, 3.63) is 71.2 Å². The number of amides is 2. The van der Waals surface area contributed by atoms with E-state index in [1.54, 1.807) is 31.5 Å². The van der Waals surface area contributed by atoms with E-state index in [1.807, 2.05) is 12.1 Å². The van der Waals surface area contributed by atoms with E-state index in [2.05, 4.69) is 44.3 Å². The highest BCUT2D eigenvalue weighted by atomic mass is 35.5. The van der Waals surface area contributed by atoms with Gasteiger partial charge in [-0.25, -0.2) is 0 Å². The van der Waals surface area contributed by atoms with Crippen LogP contribution in [0.3, 0.4) is 0 Å². The van der Waals surface area contributed by atoms with Crippen LogP contribution in [0.5, 0.6) is 5.75 Å². The third kappa shape index (κ3) is 5.00. The van der Waals surface area contributed by atoms with Crippen molar-refractivity contribution in [3.63, 3.8) is 0 Å². The number of hydrogen-bond donors (Lipinski definition) is 4. The van der Waals surface area contributed by atoms with Crippen LogP contribution < -0.4 is 20.7 Å². The number of aromatic nitrogens is 2. The number of anilines is 2. The van der Waals surface area contributed by atoms with Gasteiger partial charge in [-0.05, 0) is 31.2 Å². The van der Waals surface area contributed by atoms with Gasteiger partial charge >= 0.3 is 0 Å². The van der Waals surface area contributed by atoms with E-state index in [4.69, 9.17) is 16.3 Å². The van der Waals surface area contributed by atoms with Gasteiger partial charge in [0.25, 0.3) is 5.91 Å². The summed E-state index contributed by atoms with van der Waals surface area (Å²) in [6, 6.07) is 6.78. The van der Waals surface area contributed by atoms with E-state index in [1.165, 1.54) is 13.2 Å². The summed E-state index contributed by atoms with van der Waals surface area (Å²) in [5.41, 5.74) is 4.60. The fourth-order valence-electron chi connectivity index (χ4n) is 3.86. The minimum atomic E-state index is -0.399. The Kier molecular flexibility index (Phi) is 7.09. The second-order valence-corrected chi connectivity index (χ2v) is 8.21. The SMILES string of the molecule is C=CC(=O)N[C@@H](C)C#Cc1cnccc1-c1[nH]c2c(c1Nc1cccc(Cl)c1OC)C(=O)NCC2. The highest BCUT2D eigenvalue weighted by Gasteiger charge is 2.28. The van der Waals surface area contributed by atoms with Gasteiger partial charge in [-0.3, -0.25) is 14.6 Å². The lowest BCUT2D eigenvalue weighted by Crippen LogP contribution is -2.31. The molecule has 1 aromatic carbocycles. The van der Waals surface area contributed by atoms with Crippen molar-refractivity contribution in [1.29, 1.82) is 0 Å². The number of H-pyrrole nitrogens is 1. The van der Waals surface area contributed by atoms with Gasteiger partial charge < -0.3 is 25.7 Å². The lowest BCUT2D eigenvalue weighted by Gasteiger charge is -2.17. The van der Waals surface area contributed by atoms with Crippen molar-refractivity contribution >= 4 is 34.8 Å². The van der Waals surface area contributed by atoms with Crippen LogP contribution in [0.25, 0.3) is 11.3 Å². The molecule has 0 spiro atoms. The van der Waals surface area contributed by atoms with Gasteiger partial charge in [0.05, 0.1) is 46.4 Å². The van der Waals surface area contributed by atoms with Gasteiger partial charge in [-0.1, -0.05) is 36.1 Å². The molecule has 0 bridgehead atoms. The lowest BCUT2D eigenvalue weighted by atomic mass is 10.0. The maximum absolute atomic E-state index is 12.9. The standard InChI is InChI=1S/C26H24ClN5O3/c1-4-21(33)30-15(2)8-9-16-14-28-12-10-17(16)23-24(22-19(31-23)11-13-29-26(22)34)32-20-7-5-6-18(27)25(20)35-3/h4-7,10,12,14-15,31-32H,1,11,13H2,2-3H3,(H,29,34)(H,30,33)/t15-/m0/s1. The van der Waals surface area contributed by atoms with Crippen LogP contribution >= 0.6 is 11.6 Å². The Bertz CT molecular complexity index is 1370. The number of fused-ring (bicyclic) bond motifs is 1. The van der Waals surface area contributed by atoms with E-state index in [-0.39, 0.29) is 11.8 Å². The maximum atomic E-state index is 12.9. The van der Waals surface area contributed by atoms with Gasteiger partial charge in [0.15, 0.2) is 5.75 Å². The first-order valence-electron chi connectivity index (χ1n) is 10.9. The van der Waals surface area contributed by atoms with Gasteiger partial charge in [-0.15, -0.1) is 0 Å². The van der Waals surface area contributed by atoms with Gasteiger partial charge in [0.1, 0.15) is 0 Å². The summed E-state index contributed by atoms with van der Waals surface area (Å²) < 4.78 is 5.49. The summed E-state index contributed by atoms with van der Waals surface area (Å²) in [5.74, 6) is 6.10. The first-order valence-corrected chi connectivity index (χ1v) is 11.3. The third-order valence-corrected chi connectivity index (χ3v) is 5.75. The molecule has 3 aromatic rings. The molecule has 1 aliphatic heterocycles. The number of para-hydroxylation sites is 1. The largest absolute Gasteiger partial charge is 0.493 e. The van der Waals surface area contributed by atoms with E-state index in [0.29, 0.717) is 51.9 Å². The average Bonchev–Trinajstić information content (AvgIpc) is 3.22. The van der Waals surface area contributed by atoms with Crippen LogP contribution in [-0.2, 0) is 11.2 Å². The molecule has 2 amide bonds. The summed E-state index contributed by atoms with van der Waals surface area (Å²) in [7, 11) is 1.54. The van der Waals surface area contributed by atoms with E-state index in [0.717, 1.165) is 11.3 Å².